The van der Waals surface area contributed by atoms with Crippen LogP contribution in [0.5, 0.6) is 0 Å². The van der Waals surface area contributed by atoms with Gasteiger partial charge in [0.15, 0.2) is 0 Å². The van der Waals surface area contributed by atoms with Crippen molar-refractivity contribution in [3.8, 4) is 0 Å². The average Bonchev–Trinajstić information content (AvgIpc) is 2.54. The molecule has 0 heterocycles. The molecule has 2 rings (SSSR count). The number of nitrogens with zero attached hydrogens (tertiary/aromatic N) is 2. The highest BCUT2D eigenvalue weighted by Crippen LogP contribution is 2.35. The Morgan fingerprint density at radius 2 is 1.91 bits per heavy atom. The van der Waals surface area contributed by atoms with Gasteiger partial charge in [0.25, 0.3) is 0 Å². The molecule has 0 aromatic heterocycles. The number of benzene rings is 1. The lowest BCUT2D eigenvalue weighted by Crippen LogP contribution is -2.35. The highest BCUT2D eigenvalue weighted by Gasteiger charge is 2.33. The lowest BCUT2D eigenvalue weighted by Gasteiger charge is -2.36. The number of esters is 1. The molecule has 0 amide bonds. The van der Waals surface area contributed by atoms with E-state index in [2.05, 4.69) is 26.1 Å². The van der Waals surface area contributed by atoms with Crippen LogP contribution in [0.15, 0.2) is 29.6 Å². The summed E-state index contributed by atoms with van der Waals surface area (Å²) in [6.07, 6.45) is 3.25. The second-order valence-corrected chi connectivity index (χ2v) is 6.92. The molecule has 5 heteroatoms. The van der Waals surface area contributed by atoms with Crippen LogP contribution in [0.4, 0.5) is 5.69 Å². The number of carbonyl (C=O) groups is 1. The Morgan fingerprint density at radius 3 is 2.48 bits per heavy atom. The molecule has 23 heavy (non-hydrogen) atoms. The van der Waals surface area contributed by atoms with Crippen molar-refractivity contribution in [3.63, 3.8) is 0 Å². The van der Waals surface area contributed by atoms with Gasteiger partial charge in [-0.2, -0.15) is 0 Å². The van der Waals surface area contributed by atoms with E-state index in [-0.39, 0.29) is 12.1 Å². The third-order valence-electron chi connectivity index (χ3n) is 4.82. The topological polar surface area (TPSA) is 59.0 Å². The van der Waals surface area contributed by atoms with E-state index in [9.17, 15) is 9.70 Å². The molecule has 0 bridgehead atoms. The van der Waals surface area contributed by atoms with Crippen LogP contribution in [-0.2, 0) is 4.74 Å². The zero-order valence-corrected chi connectivity index (χ0v) is 14.4. The maximum Gasteiger partial charge on any atom is 0.338 e. The second-order valence-electron chi connectivity index (χ2n) is 6.92. The fourth-order valence-corrected chi connectivity index (χ4v) is 3.32. The monoisotopic (exact) mass is 318 g/mol. The van der Waals surface area contributed by atoms with E-state index in [0.717, 1.165) is 12.8 Å². The Hall–Kier alpha value is -1.91. The first-order valence-electron chi connectivity index (χ1n) is 8.30. The molecule has 126 valence electrons. The zero-order valence-electron chi connectivity index (χ0n) is 14.4. The number of anilines is 1. The van der Waals surface area contributed by atoms with Crippen LogP contribution >= 0.6 is 0 Å². The van der Waals surface area contributed by atoms with Gasteiger partial charge in [-0.15, -0.1) is 4.91 Å². The van der Waals surface area contributed by atoms with Gasteiger partial charge in [0.05, 0.1) is 16.5 Å². The molecule has 1 fully saturated rings. The number of rotatable bonds is 5. The van der Waals surface area contributed by atoms with Crippen molar-refractivity contribution >= 4 is 11.7 Å². The third kappa shape index (κ3) is 4.30. The Bertz CT molecular complexity index is 542. The van der Waals surface area contributed by atoms with Crippen LogP contribution in [-0.4, -0.2) is 19.1 Å². The summed E-state index contributed by atoms with van der Waals surface area (Å²) in [6, 6.07) is 6.74. The number of carbonyl (C=O) groups excluding carboxylic acids is 1. The quantitative estimate of drug-likeness (QED) is 0.458. The third-order valence-corrected chi connectivity index (χ3v) is 4.82. The van der Waals surface area contributed by atoms with Crippen LogP contribution in [0.3, 0.4) is 0 Å². The molecule has 1 aliphatic rings. The summed E-state index contributed by atoms with van der Waals surface area (Å²) < 4.78 is 5.81. The van der Waals surface area contributed by atoms with Gasteiger partial charge in [-0.05, 0) is 54.9 Å². The molecular weight excluding hydrogens is 292 g/mol. The Morgan fingerprint density at radius 1 is 1.26 bits per heavy atom. The summed E-state index contributed by atoms with van der Waals surface area (Å²) in [5.74, 6) is 1.25. The maximum absolute atomic E-state index is 12.4. The van der Waals surface area contributed by atoms with Gasteiger partial charge in [0.2, 0.25) is 0 Å². The molecule has 0 N–H and O–H groups in total. The van der Waals surface area contributed by atoms with Crippen molar-refractivity contribution in [2.45, 2.75) is 46.1 Å². The fraction of sp³-hybridized carbons (Fsp3) is 0.611. The van der Waals surface area contributed by atoms with Crippen molar-refractivity contribution in [3.05, 3.63) is 34.7 Å². The lowest BCUT2D eigenvalue weighted by atomic mass is 9.75. The average molecular weight is 318 g/mol. The minimum Gasteiger partial charge on any atom is -0.458 e. The molecule has 0 saturated heterocycles. The fourth-order valence-electron chi connectivity index (χ4n) is 3.32. The second kappa shape index (κ2) is 7.57. The van der Waals surface area contributed by atoms with E-state index in [4.69, 9.17) is 4.74 Å². The van der Waals surface area contributed by atoms with Gasteiger partial charge in [-0.25, -0.2) is 9.80 Å². The van der Waals surface area contributed by atoms with Gasteiger partial charge in [-0.3, -0.25) is 0 Å². The van der Waals surface area contributed by atoms with Crippen molar-refractivity contribution in [1.29, 1.82) is 0 Å². The molecule has 3 atom stereocenters. The summed E-state index contributed by atoms with van der Waals surface area (Å²) in [5, 5.41) is 4.05. The highest BCUT2D eigenvalue weighted by molar-refractivity contribution is 5.90. The molecule has 1 saturated carbocycles. The summed E-state index contributed by atoms with van der Waals surface area (Å²) in [5.41, 5.74) is 1.15. The van der Waals surface area contributed by atoms with E-state index in [1.807, 2.05) is 0 Å². The molecule has 0 aliphatic heterocycles. The molecule has 1 aromatic rings. The number of hydrogen-bond donors (Lipinski definition) is 0. The van der Waals surface area contributed by atoms with E-state index >= 15 is 0 Å². The Kier molecular flexibility index (Phi) is 5.74. The minimum atomic E-state index is -0.289. The summed E-state index contributed by atoms with van der Waals surface area (Å²) in [4.78, 5) is 22.9. The van der Waals surface area contributed by atoms with Crippen LogP contribution in [0.25, 0.3) is 0 Å². The number of ether oxygens (including phenoxy) is 1. The van der Waals surface area contributed by atoms with Crippen molar-refractivity contribution in [2.24, 2.45) is 23.0 Å². The van der Waals surface area contributed by atoms with Crippen molar-refractivity contribution < 1.29 is 9.53 Å². The minimum absolute atomic E-state index is 0.00904. The van der Waals surface area contributed by atoms with Gasteiger partial charge in [-0.1, -0.05) is 27.2 Å². The van der Waals surface area contributed by atoms with Crippen LogP contribution in [0, 0.1) is 22.7 Å². The van der Waals surface area contributed by atoms with E-state index in [1.54, 1.807) is 31.3 Å². The van der Waals surface area contributed by atoms with E-state index in [0.29, 0.717) is 29.0 Å². The summed E-state index contributed by atoms with van der Waals surface area (Å²) in [6.45, 7) is 6.60. The van der Waals surface area contributed by atoms with Crippen molar-refractivity contribution in [2.75, 3.05) is 12.1 Å². The predicted molar refractivity (Wildman–Crippen MR) is 91.2 cm³/mol. The molecule has 0 spiro atoms. The molecular formula is C18H26N2O3. The van der Waals surface area contributed by atoms with Crippen LogP contribution < -0.4 is 5.01 Å². The van der Waals surface area contributed by atoms with Gasteiger partial charge in [0.1, 0.15) is 6.10 Å². The molecule has 5 nitrogen and oxygen atoms in total. The smallest absolute Gasteiger partial charge is 0.338 e. The van der Waals surface area contributed by atoms with Crippen LogP contribution in [0.2, 0.25) is 0 Å². The first-order chi connectivity index (χ1) is 10.9. The normalized spacial score (nSPS) is 24.3. The van der Waals surface area contributed by atoms with Gasteiger partial charge < -0.3 is 4.74 Å². The lowest BCUT2D eigenvalue weighted by molar-refractivity contribution is -0.0174. The molecule has 1 aromatic carbocycles. The summed E-state index contributed by atoms with van der Waals surface area (Å²) in [7, 11) is 1.57. The zero-order chi connectivity index (χ0) is 17.0. The Labute approximate surface area is 138 Å². The molecule has 0 radical (unpaired) electrons. The summed E-state index contributed by atoms with van der Waals surface area (Å²) >= 11 is 0. The Balaban J connectivity index is 2.06. The number of hydrogen-bond acceptors (Lipinski definition) is 4. The molecule has 1 aliphatic carbocycles. The maximum atomic E-state index is 12.4. The highest BCUT2D eigenvalue weighted by atomic mass is 16.5. The first-order valence-corrected chi connectivity index (χ1v) is 8.30. The SMILES string of the molecule is CC1CCC(C(C)C)C(OC(=O)c2ccc(N(C)N=O)cc2)C1. The van der Waals surface area contributed by atoms with Crippen molar-refractivity contribution in [1.82, 2.24) is 0 Å². The van der Waals surface area contributed by atoms with E-state index < -0.39 is 0 Å². The van der Waals surface area contributed by atoms with E-state index in [1.165, 1.54) is 11.4 Å². The van der Waals surface area contributed by atoms with Gasteiger partial charge >= 0.3 is 5.97 Å². The molecule has 3 unspecified atom stereocenters. The van der Waals surface area contributed by atoms with Crippen LogP contribution in [0.1, 0.15) is 50.4 Å². The number of nitroso groups, excluding NO2 is 1. The standard InChI is InChI=1S/C18H26N2O3/c1-12(2)16-10-5-13(3)11-17(16)23-18(21)14-6-8-15(9-7-14)20(4)19-22/h6-9,12-13,16-17H,5,10-11H2,1-4H3. The largest absolute Gasteiger partial charge is 0.458 e. The predicted octanol–water partition coefficient (Wildman–Crippen LogP) is 4.42. The first kappa shape index (κ1) is 17.4. The van der Waals surface area contributed by atoms with Gasteiger partial charge in [0, 0.05) is 7.05 Å².